The molecule has 1 aliphatic heterocycles. The molecule has 2 heterocycles. The number of hydrogen-bond donors (Lipinski definition) is 1. The standard InChI is InChI=1S/C28H30FN3O4/c1-17-15-31(13-12-30-17)26-23(29)14-21-25(28(26)36-3)32(19-7-8-19)16-22(27(21)34)24(33)11-6-18-4-9-20(35-2)10-5-18/h4-6,9-11,14,16-17,19,30H,7-8,12-13,15H2,1-3H3. The van der Waals surface area contributed by atoms with Crippen molar-refractivity contribution in [3.63, 3.8) is 0 Å². The number of ketones is 1. The van der Waals surface area contributed by atoms with Crippen LogP contribution in [0.1, 0.15) is 41.7 Å². The maximum Gasteiger partial charge on any atom is 0.200 e. The molecule has 5 rings (SSSR count). The van der Waals surface area contributed by atoms with Crippen molar-refractivity contribution in [2.75, 3.05) is 38.8 Å². The fourth-order valence-electron chi connectivity index (χ4n) is 4.86. The summed E-state index contributed by atoms with van der Waals surface area (Å²) in [6.45, 7) is 4.03. The third kappa shape index (κ3) is 4.48. The van der Waals surface area contributed by atoms with E-state index in [1.165, 1.54) is 19.3 Å². The van der Waals surface area contributed by atoms with Gasteiger partial charge in [-0.25, -0.2) is 4.39 Å². The Morgan fingerprint density at radius 2 is 1.92 bits per heavy atom. The highest BCUT2D eigenvalue weighted by Gasteiger charge is 2.31. The molecule has 1 saturated carbocycles. The van der Waals surface area contributed by atoms with Crippen LogP contribution in [0.3, 0.4) is 0 Å². The van der Waals surface area contributed by atoms with E-state index in [0.717, 1.165) is 24.9 Å². The number of pyridine rings is 1. The maximum atomic E-state index is 15.6. The number of aromatic nitrogens is 1. The van der Waals surface area contributed by atoms with Crippen molar-refractivity contribution in [1.29, 1.82) is 0 Å². The van der Waals surface area contributed by atoms with Crippen LogP contribution in [0.5, 0.6) is 11.5 Å². The van der Waals surface area contributed by atoms with Crippen LogP contribution in [0.2, 0.25) is 0 Å². The van der Waals surface area contributed by atoms with Crippen molar-refractivity contribution in [3.8, 4) is 11.5 Å². The number of allylic oxidation sites excluding steroid dienone is 1. The highest BCUT2D eigenvalue weighted by atomic mass is 19.1. The van der Waals surface area contributed by atoms with E-state index in [1.807, 2.05) is 21.6 Å². The van der Waals surface area contributed by atoms with Crippen molar-refractivity contribution < 1.29 is 18.7 Å². The fourth-order valence-corrected chi connectivity index (χ4v) is 4.86. The number of anilines is 1. The predicted molar refractivity (Wildman–Crippen MR) is 139 cm³/mol. The lowest BCUT2D eigenvalue weighted by Gasteiger charge is -2.35. The zero-order valence-electron chi connectivity index (χ0n) is 20.7. The Hall–Kier alpha value is -3.65. The van der Waals surface area contributed by atoms with E-state index in [1.54, 1.807) is 31.5 Å². The maximum absolute atomic E-state index is 15.6. The molecule has 2 aliphatic rings. The van der Waals surface area contributed by atoms with E-state index in [9.17, 15) is 9.59 Å². The lowest BCUT2D eigenvalue weighted by atomic mass is 10.0. The summed E-state index contributed by atoms with van der Waals surface area (Å²) in [5, 5.41) is 3.52. The van der Waals surface area contributed by atoms with Crippen LogP contribution in [0.25, 0.3) is 17.0 Å². The van der Waals surface area contributed by atoms with Gasteiger partial charge in [-0.1, -0.05) is 18.2 Å². The molecule has 0 bridgehead atoms. The minimum absolute atomic E-state index is 0.0177. The summed E-state index contributed by atoms with van der Waals surface area (Å²) in [5.41, 5.74) is 1.23. The second-order valence-electron chi connectivity index (χ2n) is 9.42. The number of halogens is 1. The number of ether oxygens (including phenoxy) is 2. The number of piperazine rings is 1. The van der Waals surface area contributed by atoms with Crippen molar-refractivity contribution in [3.05, 3.63) is 69.8 Å². The summed E-state index contributed by atoms with van der Waals surface area (Å²) in [6, 6.07) is 8.85. The largest absolute Gasteiger partial charge is 0.497 e. The third-order valence-corrected chi connectivity index (χ3v) is 6.84. The number of carbonyl (C=O) groups is 1. The monoisotopic (exact) mass is 491 g/mol. The molecule has 188 valence electrons. The van der Waals surface area contributed by atoms with Crippen molar-refractivity contribution in [1.82, 2.24) is 9.88 Å². The molecule has 1 unspecified atom stereocenters. The molecule has 1 N–H and O–H groups in total. The first-order chi connectivity index (χ1) is 17.4. The Labute approximate surface area is 209 Å². The summed E-state index contributed by atoms with van der Waals surface area (Å²) in [7, 11) is 3.09. The van der Waals surface area contributed by atoms with Crippen LogP contribution in [0.15, 0.2) is 47.4 Å². The van der Waals surface area contributed by atoms with Crippen LogP contribution >= 0.6 is 0 Å². The van der Waals surface area contributed by atoms with Crippen molar-refractivity contribution in [2.24, 2.45) is 0 Å². The normalized spacial score (nSPS) is 18.1. The molecule has 2 fully saturated rings. The summed E-state index contributed by atoms with van der Waals surface area (Å²) in [6.07, 6.45) is 6.50. The molecule has 0 spiro atoms. The molecular formula is C28H30FN3O4. The second kappa shape index (κ2) is 9.78. The molecule has 0 amide bonds. The summed E-state index contributed by atoms with van der Waals surface area (Å²) < 4.78 is 28.4. The van der Waals surface area contributed by atoms with Crippen molar-refractivity contribution in [2.45, 2.75) is 31.8 Å². The van der Waals surface area contributed by atoms with Gasteiger partial charge in [0.05, 0.1) is 30.7 Å². The Balaban J connectivity index is 1.61. The molecule has 7 nitrogen and oxygen atoms in total. The number of nitrogens with zero attached hydrogens (tertiary/aromatic N) is 2. The average molecular weight is 492 g/mol. The lowest BCUT2D eigenvalue weighted by Crippen LogP contribution is -2.49. The van der Waals surface area contributed by atoms with E-state index < -0.39 is 17.0 Å². The lowest BCUT2D eigenvalue weighted by molar-refractivity contribution is 0.104. The second-order valence-corrected chi connectivity index (χ2v) is 9.42. The van der Waals surface area contributed by atoms with E-state index in [0.29, 0.717) is 35.8 Å². The first kappa shape index (κ1) is 24.1. The predicted octanol–water partition coefficient (Wildman–Crippen LogP) is 4.19. The molecule has 3 aromatic rings. The van der Waals surface area contributed by atoms with Gasteiger partial charge >= 0.3 is 0 Å². The molecule has 1 aromatic heterocycles. The Bertz CT molecular complexity index is 1390. The molecule has 36 heavy (non-hydrogen) atoms. The van der Waals surface area contributed by atoms with Gasteiger partial charge in [0.15, 0.2) is 17.3 Å². The van der Waals surface area contributed by atoms with Gasteiger partial charge in [0.2, 0.25) is 5.43 Å². The van der Waals surface area contributed by atoms with Crippen LogP contribution in [0, 0.1) is 5.82 Å². The molecule has 8 heteroatoms. The van der Waals surface area contributed by atoms with Crippen LogP contribution in [-0.2, 0) is 0 Å². The minimum atomic E-state index is -0.522. The first-order valence-electron chi connectivity index (χ1n) is 12.2. The number of carbonyl (C=O) groups excluding carboxylic acids is 1. The fraction of sp³-hybridized carbons (Fsp3) is 0.357. The number of hydrogen-bond acceptors (Lipinski definition) is 6. The SMILES string of the molecule is COc1ccc(C=CC(=O)c2cn(C3CC3)c3c(OC)c(N4CCNC(C)C4)c(F)cc3c2=O)cc1. The van der Waals surface area contributed by atoms with Crippen LogP contribution in [0.4, 0.5) is 10.1 Å². The number of methoxy groups -OCH3 is 2. The van der Waals surface area contributed by atoms with Gasteiger partial charge in [0.25, 0.3) is 0 Å². The van der Waals surface area contributed by atoms with E-state index in [4.69, 9.17) is 9.47 Å². The van der Waals surface area contributed by atoms with Gasteiger partial charge in [-0.15, -0.1) is 0 Å². The summed E-state index contributed by atoms with van der Waals surface area (Å²) in [4.78, 5) is 28.6. The number of nitrogens with one attached hydrogen (secondary N) is 1. The number of fused-ring (bicyclic) bond motifs is 1. The van der Waals surface area contributed by atoms with E-state index >= 15 is 4.39 Å². The number of rotatable bonds is 7. The third-order valence-electron chi connectivity index (χ3n) is 6.84. The van der Waals surface area contributed by atoms with Crippen molar-refractivity contribution >= 4 is 28.4 Å². The highest BCUT2D eigenvalue weighted by molar-refractivity contribution is 6.08. The van der Waals surface area contributed by atoms with Gasteiger partial charge in [-0.05, 0) is 49.6 Å². The van der Waals surface area contributed by atoms with Gasteiger partial charge in [0, 0.05) is 37.9 Å². The van der Waals surface area contributed by atoms with Gasteiger partial charge in [0.1, 0.15) is 11.4 Å². The molecular weight excluding hydrogens is 461 g/mol. The Morgan fingerprint density at radius 1 is 1.17 bits per heavy atom. The molecule has 1 atom stereocenters. The van der Waals surface area contributed by atoms with Crippen LogP contribution < -0.4 is 25.1 Å². The average Bonchev–Trinajstić information content (AvgIpc) is 3.73. The van der Waals surface area contributed by atoms with Gasteiger partial charge in [-0.2, -0.15) is 0 Å². The molecule has 2 aromatic carbocycles. The quantitative estimate of drug-likeness (QED) is 0.395. The molecule has 0 radical (unpaired) electrons. The number of benzene rings is 2. The zero-order chi connectivity index (χ0) is 25.4. The minimum Gasteiger partial charge on any atom is -0.497 e. The van der Waals surface area contributed by atoms with E-state index in [-0.39, 0.29) is 23.0 Å². The summed E-state index contributed by atoms with van der Waals surface area (Å²) >= 11 is 0. The Kier molecular flexibility index (Phi) is 6.53. The summed E-state index contributed by atoms with van der Waals surface area (Å²) in [5.74, 6) is 0.111. The molecule has 1 aliphatic carbocycles. The van der Waals surface area contributed by atoms with Crippen LogP contribution in [-0.4, -0.2) is 50.2 Å². The first-order valence-corrected chi connectivity index (χ1v) is 12.2. The zero-order valence-corrected chi connectivity index (χ0v) is 20.7. The van der Waals surface area contributed by atoms with E-state index in [2.05, 4.69) is 12.2 Å². The topological polar surface area (TPSA) is 72.8 Å². The highest BCUT2D eigenvalue weighted by Crippen LogP contribution is 2.43. The van der Waals surface area contributed by atoms with Gasteiger partial charge in [-0.3, -0.25) is 9.59 Å². The smallest absolute Gasteiger partial charge is 0.200 e. The molecule has 1 saturated heterocycles. The van der Waals surface area contributed by atoms with Gasteiger partial charge < -0.3 is 24.3 Å². The Morgan fingerprint density at radius 3 is 2.56 bits per heavy atom.